The summed E-state index contributed by atoms with van der Waals surface area (Å²) in [6.45, 7) is 0. The van der Waals surface area contributed by atoms with Crippen LogP contribution >= 0.6 is 0 Å². The summed E-state index contributed by atoms with van der Waals surface area (Å²) in [6, 6.07) is 73.5. The van der Waals surface area contributed by atoms with Crippen molar-refractivity contribution < 1.29 is 0 Å². The second-order valence-corrected chi connectivity index (χ2v) is 19.1. The van der Waals surface area contributed by atoms with Crippen LogP contribution in [0.15, 0.2) is 200 Å². The summed E-state index contributed by atoms with van der Waals surface area (Å²) in [5.74, 6) is 0. The van der Waals surface area contributed by atoms with Crippen LogP contribution in [0.3, 0.4) is 0 Å². The van der Waals surface area contributed by atoms with Gasteiger partial charge in [-0.15, -0.1) is 5.46 Å². The van der Waals surface area contributed by atoms with Gasteiger partial charge in [0.25, 0.3) is 0 Å². The molecule has 0 radical (unpaired) electrons. The molecule has 0 fully saturated rings. The van der Waals surface area contributed by atoms with Gasteiger partial charge < -0.3 is 9.13 Å². The van der Waals surface area contributed by atoms with E-state index in [9.17, 15) is 0 Å². The van der Waals surface area contributed by atoms with Crippen molar-refractivity contribution in [3.05, 3.63) is 200 Å². The van der Waals surface area contributed by atoms with Crippen LogP contribution in [-0.2, 0) is 0 Å². The number of hydrogen-bond acceptors (Lipinski definition) is 0. The Bertz CT molecular complexity index is 4000. The number of rotatable bonds is 7. The summed E-state index contributed by atoms with van der Waals surface area (Å²) in [5, 5.41) is 5.18. The van der Waals surface area contributed by atoms with Crippen molar-refractivity contribution in [2.45, 2.75) is 0 Å². The van der Waals surface area contributed by atoms with Gasteiger partial charge in [0.2, 0.25) is 0 Å². The van der Waals surface area contributed by atoms with Gasteiger partial charge in [0, 0.05) is 38.4 Å². The molecule has 2 aromatic heterocycles. The maximum absolute atomic E-state index is 2.62. The third-order valence-electron chi connectivity index (χ3n) is 15.5. The second-order valence-electron chi connectivity index (χ2n) is 19.1. The van der Waals surface area contributed by atoms with Crippen LogP contribution in [0.1, 0.15) is 0 Å². The van der Waals surface area contributed by atoms with E-state index < -0.39 is 0 Å². The molecule has 0 amide bonds. The molecule has 12 rings (SSSR count). The van der Waals surface area contributed by atoms with Crippen molar-refractivity contribution in [2.24, 2.45) is 0 Å². The largest absolute Gasteiger partial charge is 0.310 e. The van der Waals surface area contributed by atoms with Gasteiger partial charge in [0.1, 0.15) is 54.9 Å². The average molecular weight is 872 g/mol. The zero-order valence-electron chi connectivity index (χ0n) is 40.4. The zero-order chi connectivity index (χ0) is 47.1. The predicted molar refractivity (Wildman–Crippen MR) is 320 cm³/mol. The molecule has 0 bridgehead atoms. The number of aromatic nitrogens is 2. The lowest BCUT2D eigenvalue weighted by Gasteiger charge is -2.21. The number of fused-ring (bicyclic) bond motifs is 6. The maximum Gasteiger partial charge on any atom is 0.141 e. The van der Waals surface area contributed by atoms with Crippen LogP contribution in [-0.4, -0.2) is 64.1 Å². The van der Waals surface area contributed by atoms with Crippen LogP contribution < -0.4 is 38.2 Å². The molecule has 10 aromatic carbocycles. The number of nitrogens with zero attached hydrogens (tertiary/aromatic N) is 2. The molecule has 9 heteroatoms. The fourth-order valence-electron chi connectivity index (χ4n) is 11.5. The van der Waals surface area contributed by atoms with Crippen molar-refractivity contribution in [1.29, 1.82) is 0 Å². The highest BCUT2D eigenvalue weighted by Gasteiger charge is 2.26. The molecule has 0 saturated heterocycles. The molecular weight excluding hydrogens is 824 g/mol. The molecule has 0 aliphatic rings. The molecule has 0 aliphatic heterocycles. The minimum Gasteiger partial charge on any atom is -0.310 e. The Morgan fingerprint density at radius 1 is 0.275 bits per heavy atom. The van der Waals surface area contributed by atoms with Crippen LogP contribution in [0.25, 0.3) is 111 Å². The highest BCUT2D eigenvalue weighted by Crippen LogP contribution is 2.40. The van der Waals surface area contributed by atoms with E-state index in [1.165, 1.54) is 143 Å². The first kappa shape index (κ1) is 42.6. The first-order valence-electron chi connectivity index (χ1n) is 24.3. The molecule has 2 nitrogen and oxygen atoms in total. The molecule has 318 valence electrons. The van der Waals surface area contributed by atoms with Crippen LogP contribution in [0, 0.1) is 0 Å². The Balaban J connectivity index is 1.12. The van der Waals surface area contributed by atoms with E-state index in [2.05, 4.69) is 264 Å². The molecule has 12 aromatic rings. The minimum atomic E-state index is 1.15. The summed E-state index contributed by atoms with van der Waals surface area (Å²) >= 11 is 0. The van der Waals surface area contributed by atoms with Gasteiger partial charge >= 0.3 is 0 Å². The molecule has 0 spiro atoms. The van der Waals surface area contributed by atoms with E-state index in [4.69, 9.17) is 0 Å². The fourth-order valence-corrected chi connectivity index (χ4v) is 11.5. The maximum atomic E-state index is 2.62. The average Bonchev–Trinajstić information content (AvgIpc) is 3.94. The van der Waals surface area contributed by atoms with Gasteiger partial charge in [-0.05, 0) is 97.9 Å². The van der Waals surface area contributed by atoms with Gasteiger partial charge in [-0.2, -0.15) is 0 Å². The van der Waals surface area contributed by atoms with Crippen LogP contribution in [0.5, 0.6) is 0 Å². The quantitative estimate of drug-likeness (QED) is 0.215. The van der Waals surface area contributed by atoms with Crippen molar-refractivity contribution in [3.63, 3.8) is 0 Å². The van der Waals surface area contributed by atoms with Crippen molar-refractivity contribution in [3.8, 4) is 67.0 Å². The lowest BCUT2D eigenvalue weighted by molar-refractivity contribution is 1.18. The van der Waals surface area contributed by atoms with Gasteiger partial charge in [-0.3, -0.25) is 0 Å². The molecule has 0 N–H and O–H groups in total. The summed E-state index contributed by atoms with van der Waals surface area (Å²) in [6.07, 6.45) is 0. The highest BCUT2D eigenvalue weighted by atomic mass is 15.0. The smallest absolute Gasteiger partial charge is 0.141 e. The summed E-state index contributed by atoms with van der Waals surface area (Å²) < 4.78 is 5.09. The fraction of sp³-hybridized carbons (Fsp3) is 0. The van der Waals surface area contributed by atoms with Gasteiger partial charge in [0.15, 0.2) is 0 Å². The van der Waals surface area contributed by atoms with Gasteiger partial charge in [0.05, 0.1) is 16.7 Å². The predicted octanol–water partition coefficient (Wildman–Crippen LogP) is 4.02. The van der Waals surface area contributed by atoms with E-state index in [0.29, 0.717) is 0 Å². The Morgan fingerprint density at radius 3 is 1.35 bits per heavy atom. The van der Waals surface area contributed by atoms with E-state index in [0.717, 1.165) is 5.69 Å². The molecule has 2 heterocycles. The summed E-state index contributed by atoms with van der Waals surface area (Å²) in [7, 11) is 16.4. The Kier molecular flexibility index (Phi) is 10.4. The van der Waals surface area contributed by atoms with E-state index >= 15 is 0 Å². The zero-order valence-corrected chi connectivity index (χ0v) is 40.4. The monoisotopic (exact) mass is 872 g/mol. The third kappa shape index (κ3) is 6.81. The minimum absolute atomic E-state index is 1.15. The lowest BCUT2D eigenvalue weighted by atomic mass is 9.64. The highest BCUT2D eigenvalue weighted by molar-refractivity contribution is 6.69. The first-order chi connectivity index (χ1) is 33.7. The lowest BCUT2D eigenvalue weighted by Crippen LogP contribution is -2.48. The standard InChI is InChI=1S/C60H47B7N2/c61-52-49(41-25-30-47-45(32-41)43-28-23-40(36-17-9-3-10-18-36)33-48(43)68(47)42-26-21-37(22-27-42)34-13-5-1-6-14-34)53(62)57(66)59-50(52)51-54(63)55(64)56(65)58(67)60(51)69(59)46-29-24-39(35-15-7-2-8-16-35)31-44(46)38-19-11-4-12-20-38/h1-33H,61-67H2. The second kappa shape index (κ2) is 16.8. The normalized spacial score (nSPS) is 11.6. The van der Waals surface area contributed by atoms with E-state index in [1.54, 1.807) is 0 Å². The van der Waals surface area contributed by atoms with Crippen LogP contribution in [0.4, 0.5) is 0 Å². The van der Waals surface area contributed by atoms with Gasteiger partial charge in [-0.25, -0.2) is 0 Å². The SMILES string of the molecule is Bc1c(B)c(B)c2c(c1B)c1c(B)c(-c3ccc4c(c3)c3ccc(-c5ccccc5)cc3n4-c3ccc(-c4ccccc4)cc3)c(B)c(B)c1n2-c1ccc(-c2ccccc2)cc1-c1ccccc1. The summed E-state index contributed by atoms with van der Waals surface area (Å²) in [4.78, 5) is 0. The van der Waals surface area contributed by atoms with Crippen molar-refractivity contribution >= 4 is 137 Å². The topological polar surface area (TPSA) is 9.86 Å². The van der Waals surface area contributed by atoms with Crippen LogP contribution in [0.2, 0.25) is 0 Å². The van der Waals surface area contributed by atoms with Crippen molar-refractivity contribution in [2.75, 3.05) is 0 Å². The Hall–Kier alpha value is -7.75. The van der Waals surface area contributed by atoms with Crippen molar-refractivity contribution in [1.82, 2.24) is 9.13 Å². The van der Waals surface area contributed by atoms with E-state index in [1.807, 2.05) is 0 Å². The number of hydrogen-bond donors (Lipinski definition) is 0. The Labute approximate surface area is 410 Å². The molecule has 0 aliphatic carbocycles. The molecule has 0 unspecified atom stereocenters. The van der Waals surface area contributed by atoms with E-state index in [-0.39, 0.29) is 0 Å². The molecule has 69 heavy (non-hydrogen) atoms. The molecule has 0 atom stereocenters. The molecule has 0 saturated carbocycles. The third-order valence-corrected chi connectivity index (χ3v) is 15.5. The summed E-state index contributed by atoms with van der Waals surface area (Å²) in [5.41, 5.74) is 28.9. The van der Waals surface area contributed by atoms with Gasteiger partial charge in [-0.1, -0.05) is 191 Å². The number of benzene rings is 10. The first-order valence-corrected chi connectivity index (χ1v) is 24.3. The molecular formula is C60H47B7N2. The Morgan fingerprint density at radius 2 is 0.739 bits per heavy atom.